The van der Waals surface area contributed by atoms with Crippen LogP contribution >= 0.6 is 0 Å². The van der Waals surface area contributed by atoms with Gasteiger partial charge in [0.05, 0.1) is 6.10 Å². The first-order valence-electron chi connectivity index (χ1n) is 8.34. The number of carbonyl (C=O) groups excluding carboxylic acids is 2. The summed E-state index contributed by atoms with van der Waals surface area (Å²) in [5.41, 5.74) is 1.11. The first-order chi connectivity index (χ1) is 11.0. The Morgan fingerprint density at radius 3 is 2.65 bits per heavy atom. The quantitative estimate of drug-likeness (QED) is 0.718. The Morgan fingerprint density at radius 2 is 2.00 bits per heavy atom. The van der Waals surface area contributed by atoms with Gasteiger partial charge in [-0.2, -0.15) is 5.10 Å². The number of aromatic nitrogens is 2. The van der Waals surface area contributed by atoms with Gasteiger partial charge in [0.1, 0.15) is 0 Å². The molecule has 126 valence electrons. The Labute approximate surface area is 135 Å². The highest BCUT2D eigenvalue weighted by Gasteiger charge is 2.28. The minimum absolute atomic E-state index is 0.256. The van der Waals surface area contributed by atoms with Gasteiger partial charge in [0.2, 0.25) is 0 Å². The van der Waals surface area contributed by atoms with E-state index in [9.17, 15) is 14.7 Å². The third-order valence-corrected chi connectivity index (χ3v) is 4.90. The number of anilines is 1. The van der Waals surface area contributed by atoms with Crippen molar-refractivity contribution in [1.82, 2.24) is 15.1 Å². The van der Waals surface area contributed by atoms with Crippen LogP contribution in [0.5, 0.6) is 0 Å². The molecule has 3 N–H and O–H groups in total. The molecule has 2 fully saturated rings. The molecule has 2 amide bonds. The molecule has 1 aromatic heterocycles. The van der Waals surface area contributed by atoms with Crippen LogP contribution in [0.3, 0.4) is 0 Å². The van der Waals surface area contributed by atoms with Gasteiger partial charge in [-0.15, -0.1) is 0 Å². The molecule has 2 aliphatic rings. The monoisotopic (exact) mass is 320 g/mol. The molecule has 0 bridgehead atoms. The first-order valence-corrected chi connectivity index (χ1v) is 8.34. The van der Waals surface area contributed by atoms with Crippen LogP contribution in [0.15, 0.2) is 6.07 Å². The van der Waals surface area contributed by atoms with Gasteiger partial charge in [-0.1, -0.05) is 12.8 Å². The number of aliphatic hydroxyl groups excluding tert-OH is 1. The number of nitrogens with one attached hydrogen (secondary N) is 2. The Balaban J connectivity index is 1.50. The molecule has 0 atom stereocenters. The van der Waals surface area contributed by atoms with E-state index in [0.29, 0.717) is 31.1 Å². The van der Waals surface area contributed by atoms with Gasteiger partial charge in [0.15, 0.2) is 5.82 Å². The molecule has 0 aromatic carbocycles. The molecular formula is C16H24N4O3. The molecule has 7 nitrogen and oxygen atoms in total. The summed E-state index contributed by atoms with van der Waals surface area (Å²) in [7, 11) is 1.87. The van der Waals surface area contributed by atoms with Crippen molar-refractivity contribution in [3.63, 3.8) is 0 Å². The SMILES string of the molecule is Cn1nc(NC(=O)C(=O)NCC2CC(O)C2)cc1C1CCCC1. The zero-order valence-electron chi connectivity index (χ0n) is 13.4. The van der Waals surface area contributed by atoms with Gasteiger partial charge in [0.25, 0.3) is 0 Å². The molecule has 0 unspecified atom stereocenters. The van der Waals surface area contributed by atoms with Crippen LogP contribution in [-0.4, -0.2) is 39.4 Å². The summed E-state index contributed by atoms with van der Waals surface area (Å²) in [6.45, 7) is 0.429. The standard InChI is InChI=1S/C16H24N4O3/c1-20-13(11-4-2-3-5-11)8-14(19-20)18-16(23)15(22)17-9-10-6-12(21)7-10/h8,10-12,21H,2-7,9H2,1H3,(H,17,22)(H,18,19,23). The van der Waals surface area contributed by atoms with E-state index in [1.54, 1.807) is 4.68 Å². The lowest BCUT2D eigenvalue weighted by atomic mass is 9.82. The largest absolute Gasteiger partial charge is 0.393 e. The van der Waals surface area contributed by atoms with Gasteiger partial charge >= 0.3 is 11.8 Å². The van der Waals surface area contributed by atoms with E-state index in [1.165, 1.54) is 12.8 Å². The second-order valence-corrected chi connectivity index (χ2v) is 6.71. The van der Waals surface area contributed by atoms with Crippen molar-refractivity contribution in [2.24, 2.45) is 13.0 Å². The van der Waals surface area contributed by atoms with E-state index in [-0.39, 0.29) is 12.0 Å². The minimum Gasteiger partial charge on any atom is -0.393 e. The molecule has 23 heavy (non-hydrogen) atoms. The molecule has 7 heteroatoms. The molecule has 1 aromatic rings. The Morgan fingerprint density at radius 1 is 1.30 bits per heavy atom. The van der Waals surface area contributed by atoms with Crippen molar-refractivity contribution in [2.75, 3.05) is 11.9 Å². The Bertz CT molecular complexity index is 586. The lowest BCUT2D eigenvalue weighted by Crippen LogP contribution is -2.42. The fourth-order valence-corrected chi connectivity index (χ4v) is 3.50. The van der Waals surface area contributed by atoms with Gasteiger partial charge in [-0.05, 0) is 31.6 Å². The molecule has 0 saturated heterocycles. The summed E-state index contributed by atoms with van der Waals surface area (Å²) in [5.74, 6) is -0.156. The second-order valence-electron chi connectivity index (χ2n) is 6.71. The third kappa shape index (κ3) is 3.72. The van der Waals surface area contributed by atoms with Crippen LogP contribution in [0.1, 0.15) is 50.1 Å². The number of rotatable bonds is 4. The molecular weight excluding hydrogens is 296 g/mol. The second kappa shape index (κ2) is 6.70. The van der Waals surface area contributed by atoms with Crippen LogP contribution in [0.25, 0.3) is 0 Å². The van der Waals surface area contributed by atoms with Crippen LogP contribution < -0.4 is 10.6 Å². The molecule has 2 saturated carbocycles. The van der Waals surface area contributed by atoms with Gasteiger partial charge in [-0.25, -0.2) is 0 Å². The zero-order chi connectivity index (χ0) is 16.4. The zero-order valence-corrected chi connectivity index (χ0v) is 13.4. The summed E-state index contributed by atoms with van der Waals surface area (Å²) in [5, 5.41) is 18.7. The molecule has 0 spiro atoms. The normalized spacial score (nSPS) is 24.3. The smallest absolute Gasteiger partial charge is 0.314 e. The number of hydrogen-bond acceptors (Lipinski definition) is 4. The average molecular weight is 320 g/mol. The van der Waals surface area contributed by atoms with E-state index in [4.69, 9.17) is 0 Å². The minimum atomic E-state index is -0.694. The predicted octanol–water partition coefficient (Wildman–Crippen LogP) is 0.903. The molecule has 1 heterocycles. The number of hydrogen-bond donors (Lipinski definition) is 3. The van der Waals surface area contributed by atoms with E-state index in [1.807, 2.05) is 13.1 Å². The van der Waals surface area contributed by atoms with Crippen molar-refractivity contribution >= 4 is 17.6 Å². The fourth-order valence-electron chi connectivity index (χ4n) is 3.50. The molecule has 3 rings (SSSR count). The van der Waals surface area contributed by atoms with E-state index >= 15 is 0 Å². The Kier molecular flexibility index (Phi) is 4.66. The van der Waals surface area contributed by atoms with E-state index < -0.39 is 11.8 Å². The topological polar surface area (TPSA) is 96.2 Å². The van der Waals surface area contributed by atoms with Crippen LogP contribution in [-0.2, 0) is 16.6 Å². The number of aryl methyl sites for hydroxylation is 1. The summed E-state index contributed by atoms with van der Waals surface area (Å²) in [6.07, 6.45) is 5.89. The fraction of sp³-hybridized carbons (Fsp3) is 0.688. The first kappa shape index (κ1) is 16.0. The van der Waals surface area contributed by atoms with Crippen molar-refractivity contribution in [3.05, 3.63) is 11.8 Å². The summed E-state index contributed by atoms with van der Waals surface area (Å²) >= 11 is 0. The van der Waals surface area contributed by atoms with Gasteiger partial charge in [0, 0.05) is 31.3 Å². The lowest BCUT2D eigenvalue weighted by molar-refractivity contribution is -0.136. The highest BCUT2D eigenvalue weighted by atomic mass is 16.3. The van der Waals surface area contributed by atoms with Crippen LogP contribution in [0.4, 0.5) is 5.82 Å². The summed E-state index contributed by atoms with van der Waals surface area (Å²) < 4.78 is 1.79. The van der Waals surface area contributed by atoms with Gasteiger partial charge < -0.3 is 15.7 Å². The molecule has 0 aliphatic heterocycles. The van der Waals surface area contributed by atoms with Gasteiger partial charge in [-0.3, -0.25) is 14.3 Å². The van der Waals surface area contributed by atoms with Crippen LogP contribution in [0.2, 0.25) is 0 Å². The van der Waals surface area contributed by atoms with Crippen LogP contribution in [0, 0.1) is 5.92 Å². The van der Waals surface area contributed by atoms with E-state index in [0.717, 1.165) is 18.5 Å². The third-order valence-electron chi connectivity index (χ3n) is 4.90. The maximum Gasteiger partial charge on any atom is 0.314 e. The highest BCUT2D eigenvalue weighted by molar-refractivity contribution is 6.39. The molecule has 2 aliphatic carbocycles. The average Bonchev–Trinajstić information content (AvgIpc) is 3.11. The van der Waals surface area contributed by atoms with Crippen molar-refractivity contribution in [2.45, 2.75) is 50.5 Å². The van der Waals surface area contributed by atoms with Crippen molar-refractivity contribution in [1.29, 1.82) is 0 Å². The van der Waals surface area contributed by atoms with Crippen molar-refractivity contribution in [3.8, 4) is 0 Å². The highest BCUT2D eigenvalue weighted by Crippen LogP contribution is 2.34. The predicted molar refractivity (Wildman–Crippen MR) is 84.8 cm³/mol. The summed E-state index contributed by atoms with van der Waals surface area (Å²) in [4.78, 5) is 23.7. The number of aliphatic hydroxyl groups is 1. The maximum atomic E-state index is 11.9. The molecule has 0 radical (unpaired) electrons. The number of amides is 2. The maximum absolute atomic E-state index is 11.9. The Hall–Kier alpha value is -1.89. The number of carbonyl (C=O) groups is 2. The van der Waals surface area contributed by atoms with Crippen molar-refractivity contribution < 1.29 is 14.7 Å². The van der Waals surface area contributed by atoms with E-state index in [2.05, 4.69) is 15.7 Å². The number of nitrogens with zero attached hydrogens (tertiary/aromatic N) is 2. The summed E-state index contributed by atoms with van der Waals surface area (Å²) in [6, 6.07) is 1.86. The lowest BCUT2D eigenvalue weighted by Gasteiger charge is -2.31.